The minimum absolute atomic E-state index is 0.278. The molecule has 1 aliphatic rings. The molecule has 0 amide bonds. The number of para-hydroxylation sites is 1. The molecule has 1 aromatic rings. The van der Waals surface area contributed by atoms with E-state index in [1.807, 2.05) is 24.3 Å². The molecule has 23 heavy (non-hydrogen) atoms. The number of ether oxygens (including phenoxy) is 3. The fourth-order valence-electron chi connectivity index (χ4n) is 2.46. The van der Waals surface area contributed by atoms with Gasteiger partial charge in [-0.15, -0.1) is 0 Å². The lowest BCUT2D eigenvalue weighted by atomic mass is 10.0. The van der Waals surface area contributed by atoms with Crippen LogP contribution in [0.5, 0.6) is 5.75 Å². The topological polar surface area (TPSA) is 77.1 Å². The minimum Gasteiger partial charge on any atom is -0.493 e. The third kappa shape index (κ3) is 4.89. The lowest BCUT2D eigenvalue weighted by Gasteiger charge is -2.29. The molecule has 1 heterocycles. The maximum absolute atomic E-state index is 12.7. The van der Waals surface area contributed by atoms with Gasteiger partial charge >= 0.3 is 0 Å². The van der Waals surface area contributed by atoms with Crippen molar-refractivity contribution < 1.29 is 22.6 Å². The molecule has 0 aromatic heterocycles. The lowest BCUT2D eigenvalue weighted by molar-refractivity contribution is 0.149. The molecule has 1 aromatic carbocycles. The van der Waals surface area contributed by atoms with Crippen molar-refractivity contribution in [3.8, 4) is 5.75 Å². The number of benzene rings is 1. The molecule has 1 atom stereocenters. The summed E-state index contributed by atoms with van der Waals surface area (Å²) in [6.45, 7) is 1.70. The number of rotatable bonds is 9. The Morgan fingerprint density at radius 2 is 1.87 bits per heavy atom. The third-order valence-corrected chi connectivity index (χ3v) is 5.31. The average molecular weight is 344 g/mol. The maximum atomic E-state index is 12.7. The SMILES string of the molecule is COCCN(CCOC)S(=O)(=O)N[C@@H]1CCOc2ccccc21. The second kappa shape index (κ2) is 8.60. The fourth-order valence-corrected chi connectivity index (χ4v) is 3.84. The van der Waals surface area contributed by atoms with Crippen LogP contribution in [0.1, 0.15) is 18.0 Å². The van der Waals surface area contributed by atoms with Crippen LogP contribution in [0.4, 0.5) is 0 Å². The van der Waals surface area contributed by atoms with Crippen molar-refractivity contribution in [2.75, 3.05) is 47.1 Å². The molecular formula is C15H24N2O5S. The molecule has 0 spiro atoms. The van der Waals surface area contributed by atoms with Gasteiger partial charge in [0.25, 0.3) is 10.2 Å². The number of nitrogens with one attached hydrogen (secondary N) is 1. The molecule has 0 radical (unpaired) electrons. The predicted octanol–water partition coefficient (Wildman–Crippen LogP) is 0.939. The van der Waals surface area contributed by atoms with Crippen LogP contribution in [0.15, 0.2) is 24.3 Å². The van der Waals surface area contributed by atoms with E-state index >= 15 is 0 Å². The zero-order valence-corrected chi connectivity index (χ0v) is 14.3. The maximum Gasteiger partial charge on any atom is 0.280 e. The third-order valence-electron chi connectivity index (χ3n) is 3.68. The largest absolute Gasteiger partial charge is 0.493 e. The Bertz CT molecular complexity index is 585. The molecule has 1 aliphatic heterocycles. The van der Waals surface area contributed by atoms with E-state index in [1.54, 1.807) is 14.2 Å². The smallest absolute Gasteiger partial charge is 0.280 e. The molecule has 2 rings (SSSR count). The summed E-state index contributed by atoms with van der Waals surface area (Å²) in [5.41, 5.74) is 0.862. The summed E-state index contributed by atoms with van der Waals surface area (Å²) < 4.78 is 45.1. The minimum atomic E-state index is -3.64. The first-order chi connectivity index (χ1) is 11.1. The van der Waals surface area contributed by atoms with Gasteiger partial charge in [0.1, 0.15) is 5.75 Å². The second-order valence-corrected chi connectivity index (χ2v) is 6.94. The van der Waals surface area contributed by atoms with Gasteiger partial charge in [0.15, 0.2) is 0 Å². The number of fused-ring (bicyclic) bond motifs is 1. The Morgan fingerprint density at radius 3 is 2.52 bits per heavy atom. The molecule has 8 heteroatoms. The van der Waals surface area contributed by atoms with Gasteiger partial charge in [-0.1, -0.05) is 18.2 Å². The molecular weight excluding hydrogens is 320 g/mol. The van der Waals surface area contributed by atoms with Crippen molar-refractivity contribution in [2.24, 2.45) is 0 Å². The van der Waals surface area contributed by atoms with Gasteiger partial charge in [-0.05, 0) is 6.07 Å². The van der Waals surface area contributed by atoms with Crippen LogP contribution in [0.3, 0.4) is 0 Å². The summed E-state index contributed by atoms with van der Waals surface area (Å²) >= 11 is 0. The Labute approximate surface area is 137 Å². The van der Waals surface area contributed by atoms with Gasteiger partial charge < -0.3 is 14.2 Å². The number of hydrogen-bond donors (Lipinski definition) is 1. The Kier molecular flexibility index (Phi) is 6.79. The molecule has 0 bridgehead atoms. The van der Waals surface area contributed by atoms with Crippen molar-refractivity contribution in [2.45, 2.75) is 12.5 Å². The van der Waals surface area contributed by atoms with E-state index < -0.39 is 10.2 Å². The highest BCUT2D eigenvalue weighted by Crippen LogP contribution is 2.32. The zero-order valence-electron chi connectivity index (χ0n) is 13.5. The highest BCUT2D eigenvalue weighted by atomic mass is 32.2. The lowest BCUT2D eigenvalue weighted by Crippen LogP contribution is -2.45. The first-order valence-electron chi connectivity index (χ1n) is 7.55. The Balaban J connectivity index is 2.12. The summed E-state index contributed by atoms with van der Waals surface area (Å²) in [6, 6.07) is 7.19. The highest BCUT2D eigenvalue weighted by Gasteiger charge is 2.29. The zero-order chi connectivity index (χ0) is 16.7. The van der Waals surface area contributed by atoms with Gasteiger partial charge in [-0.2, -0.15) is 17.4 Å². The van der Waals surface area contributed by atoms with Crippen LogP contribution in [0, 0.1) is 0 Å². The van der Waals surface area contributed by atoms with Crippen molar-refractivity contribution in [1.82, 2.24) is 9.03 Å². The highest BCUT2D eigenvalue weighted by molar-refractivity contribution is 7.87. The normalized spacial score (nSPS) is 17.8. The van der Waals surface area contributed by atoms with Crippen molar-refractivity contribution >= 4 is 10.2 Å². The van der Waals surface area contributed by atoms with Crippen molar-refractivity contribution in [1.29, 1.82) is 0 Å². The van der Waals surface area contributed by atoms with Gasteiger partial charge in [0.2, 0.25) is 0 Å². The van der Waals surface area contributed by atoms with Crippen LogP contribution in [-0.4, -0.2) is 59.9 Å². The van der Waals surface area contributed by atoms with E-state index in [0.717, 1.165) is 11.3 Å². The molecule has 0 saturated heterocycles. The quantitative estimate of drug-likeness (QED) is 0.721. The van der Waals surface area contributed by atoms with E-state index in [4.69, 9.17) is 14.2 Å². The van der Waals surface area contributed by atoms with E-state index in [1.165, 1.54) is 4.31 Å². The summed E-state index contributed by atoms with van der Waals surface area (Å²) in [7, 11) is -0.552. The Hall–Kier alpha value is -1.19. The van der Waals surface area contributed by atoms with Gasteiger partial charge in [-0.25, -0.2) is 0 Å². The van der Waals surface area contributed by atoms with E-state index in [-0.39, 0.29) is 19.1 Å². The number of hydrogen-bond acceptors (Lipinski definition) is 5. The summed E-state index contributed by atoms with van der Waals surface area (Å²) in [5, 5.41) is 0. The molecule has 130 valence electrons. The molecule has 0 aliphatic carbocycles. The van der Waals surface area contributed by atoms with Gasteiger partial charge in [0.05, 0.1) is 25.9 Å². The van der Waals surface area contributed by atoms with E-state index in [2.05, 4.69) is 4.72 Å². The standard InChI is InChI=1S/C15H24N2O5S/c1-20-11-8-17(9-12-21-2)23(18,19)16-14-7-10-22-15-6-4-3-5-13(14)15/h3-6,14,16H,7-12H2,1-2H3/t14-/m1/s1. The van der Waals surface area contributed by atoms with Crippen LogP contribution in [-0.2, 0) is 19.7 Å². The second-order valence-electron chi connectivity index (χ2n) is 5.24. The molecule has 1 N–H and O–H groups in total. The van der Waals surface area contributed by atoms with Crippen LogP contribution >= 0.6 is 0 Å². The molecule has 0 fully saturated rings. The van der Waals surface area contributed by atoms with E-state index in [9.17, 15) is 8.42 Å². The fraction of sp³-hybridized carbons (Fsp3) is 0.600. The predicted molar refractivity (Wildman–Crippen MR) is 86.7 cm³/mol. The summed E-state index contributed by atoms with van der Waals surface area (Å²) in [5.74, 6) is 0.729. The molecule has 0 saturated carbocycles. The van der Waals surface area contributed by atoms with Crippen LogP contribution in [0.2, 0.25) is 0 Å². The van der Waals surface area contributed by atoms with Gasteiger partial charge in [0, 0.05) is 39.3 Å². The first kappa shape index (κ1) is 18.2. The first-order valence-corrected chi connectivity index (χ1v) is 8.99. The van der Waals surface area contributed by atoms with Crippen molar-refractivity contribution in [3.05, 3.63) is 29.8 Å². The monoisotopic (exact) mass is 344 g/mol. The average Bonchev–Trinajstić information content (AvgIpc) is 2.55. The van der Waals surface area contributed by atoms with Crippen LogP contribution in [0.25, 0.3) is 0 Å². The Morgan fingerprint density at radius 1 is 1.22 bits per heavy atom. The number of nitrogens with zero attached hydrogens (tertiary/aromatic N) is 1. The van der Waals surface area contributed by atoms with Crippen LogP contribution < -0.4 is 9.46 Å². The molecule has 0 unspecified atom stereocenters. The molecule has 7 nitrogen and oxygen atoms in total. The van der Waals surface area contributed by atoms with E-state index in [0.29, 0.717) is 26.2 Å². The number of methoxy groups -OCH3 is 2. The summed E-state index contributed by atoms with van der Waals surface area (Å²) in [6.07, 6.45) is 0.596. The summed E-state index contributed by atoms with van der Waals surface area (Å²) in [4.78, 5) is 0. The van der Waals surface area contributed by atoms with Gasteiger partial charge in [-0.3, -0.25) is 0 Å². The van der Waals surface area contributed by atoms with Crippen molar-refractivity contribution in [3.63, 3.8) is 0 Å².